The molecule has 0 fully saturated rings. The molecular formula is C7HCl3N2O2. The third kappa shape index (κ3) is 1.75. The highest BCUT2D eigenvalue weighted by Crippen LogP contribution is 2.37. The van der Waals surface area contributed by atoms with Gasteiger partial charge in [-0.25, -0.2) is 0 Å². The second-order valence-electron chi connectivity index (χ2n) is 2.25. The monoisotopic (exact) mass is 250 g/mol. The van der Waals surface area contributed by atoms with Crippen molar-refractivity contribution >= 4 is 40.5 Å². The van der Waals surface area contributed by atoms with Gasteiger partial charge in [0.25, 0.3) is 5.69 Å². The Kier molecular flexibility index (Phi) is 3.17. The zero-order valence-electron chi connectivity index (χ0n) is 6.42. The van der Waals surface area contributed by atoms with Gasteiger partial charge in [0.2, 0.25) is 0 Å². The molecular weight excluding hydrogens is 250 g/mol. The van der Waals surface area contributed by atoms with E-state index in [1.54, 1.807) is 6.07 Å². The van der Waals surface area contributed by atoms with Crippen LogP contribution in [0.3, 0.4) is 0 Å². The highest BCUT2D eigenvalue weighted by molar-refractivity contribution is 6.48. The first-order chi connectivity index (χ1) is 6.49. The van der Waals surface area contributed by atoms with Crippen LogP contribution >= 0.6 is 34.8 Å². The van der Waals surface area contributed by atoms with Crippen molar-refractivity contribution in [2.45, 2.75) is 0 Å². The van der Waals surface area contributed by atoms with Crippen LogP contribution in [0.4, 0.5) is 5.69 Å². The summed E-state index contributed by atoms with van der Waals surface area (Å²) in [7, 11) is 0. The number of halogens is 3. The van der Waals surface area contributed by atoms with Gasteiger partial charge in [-0.05, 0) is 0 Å². The maximum atomic E-state index is 10.5. The quantitative estimate of drug-likeness (QED) is 0.436. The fourth-order valence-electron chi connectivity index (χ4n) is 0.833. The van der Waals surface area contributed by atoms with Crippen molar-refractivity contribution in [1.82, 2.24) is 0 Å². The van der Waals surface area contributed by atoms with E-state index in [-0.39, 0.29) is 20.6 Å². The molecule has 0 spiro atoms. The van der Waals surface area contributed by atoms with Gasteiger partial charge >= 0.3 is 0 Å². The lowest BCUT2D eigenvalue weighted by Gasteiger charge is -2.01. The van der Waals surface area contributed by atoms with Crippen molar-refractivity contribution in [2.75, 3.05) is 0 Å². The van der Waals surface area contributed by atoms with Crippen LogP contribution in [0.15, 0.2) is 6.07 Å². The Hall–Kier alpha value is -1.02. The summed E-state index contributed by atoms with van der Waals surface area (Å²) in [5.41, 5.74) is -0.738. The van der Waals surface area contributed by atoms with Crippen molar-refractivity contribution in [1.29, 1.82) is 5.26 Å². The molecule has 1 aromatic carbocycles. The van der Waals surface area contributed by atoms with Gasteiger partial charge in [-0.1, -0.05) is 34.8 Å². The number of benzene rings is 1. The third-order valence-corrected chi connectivity index (χ3v) is 2.71. The molecule has 0 saturated carbocycles. The van der Waals surface area contributed by atoms with E-state index in [1.165, 1.54) is 0 Å². The summed E-state index contributed by atoms with van der Waals surface area (Å²) < 4.78 is 0. The summed E-state index contributed by atoms with van der Waals surface area (Å²) in [6, 6.07) is 2.59. The Labute approximate surface area is 93.8 Å². The predicted molar refractivity (Wildman–Crippen MR) is 52.8 cm³/mol. The molecule has 0 saturated heterocycles. The number of nitro benzene ring substituents is 1. The normalized spacial score (nSPS) is 9.57. The SMILES string of the molecule is N#Cc1c([N+](=O)[O-])cc(Cl)c(Cl)c1Cl. The van der Waals surface area contributed by atoms with E-state index in [0.29, 0.717) is 0 Å². The van der Waals surface area contributed by atoms with Crippen molar-refractivity contribution < 1.29 is 4.92 Å². The summed E-state index contributed by atoms with van der Waals surface area (Å²) in [6.45, 7) is 0. The molecule has 0 atom stereocenters. The molecule has 0 heterocycles. The topological polar surface area (TPSA) is 66.9 Å². The number of nitro groups is 1. The third-order valence-electron chi connectivity index (χ3n) is 1.45. The summed E-state index contributed by atoms with van der Waals surface area (Å²) in [6.07, 6.45) is 0. The molecule has 0 N–H and O–H groups in total. The summed E-state index contributed by atoms with van der Waals surface area (Å²) >= 11 is 16.8. The van der Waals surface area contributed by atoms with Crippen molar-refractivity contribution in [3.05, 3.63) is 36.8 Å². The summed E-state index contributed by atoms with van der Waals surface area (Å²) in [5.74, 6) is 0. The second kappa shape index (κ2) is 4.01. The van der Waals surface area contributed by atoms with E-state index in [9.17, 15) is 10.1 Å². The molecule has 0 bridgehead atoms. The molecule has 4 nitrogen and oxygen atoms in total. The van der Waals surface area contributed by atoms with Crippen molar-refractivity contribution in [2.24, 2.45) is 0 Å². The molecule has 1 rings (SSSR count). The van der Waals surface area contributed by atoms with E-state index < -0.39 is 10.6 Å². The minimum Gasteiger partial charge on any atom is -0.258 e. The summed E-state index contributed by atoms with van der Waals surface area (Å²) in [4.78, 5) is 9.75. The first-order valence-electron chi connectivity index (χ1n) is 3.21. The minimum absolute atomic E-state index is 0.0534. The van der Waals surface area contributed by atoms with Crippen LogP contribution in [0.2, 0.25) is 15.1 Å². The standard InChI is InChI=1S/C7HCl3N2O2/c8-4-1-5(12(13)14)3(2-11)6(9)7(4)10/h1H. The number of rotatable bonds is 1. The van der Waals surface area contributed by atoms with E-state index >= 15 is 0 Å². The van der Waals surface area contributed by atoms with Gasteiger partial charge in [0.05, 0.1) is 20.0 Å². The molecule has 0 radical (unpaired) electrons. The zero-order chi connectivity index (χ0) is 10.9. The minimum atomic E-state index is -0.743. The molecule has 0 unspecified atom stereocenters. The van der Waals surface area contributed by atoms with Crippen molar-refractivity contribution in [3.8, 4) is 6.07 Å². The van der Waals surface area contributed by atoms with E-state index in [2.05, 4.69) is 0 Å². The van der Waals surface area contributed by atoms with Crippen LogP contribution in [0.1, 0.15) is 5.56 Å². The zero-order valence-corrected chi connectivity index (χ0v) is 8.69. The number of nitrogens with zero attached hydrogens (tertiary/aromatic N) is 2. The maximum Gasteiger partial charge on any atom is 0.290 e. The molecule has 14 heavy (non-hydrogen) atoms. The van der Waals surface area contributed by atoms with Crippen LogP contribution in [0, 0.1) is 21.4 Å². The molecule has 7 heteroatoms. The Balaban J connectivity index is 3.62. The van der Waals surface area contributed by atoms with Gasteiger partial charge in [-0.3, -0.25) is 10.1 Å². The number of hydrogen-bond acceptors (Lipinski definition) is 3. The van der Waals surface area contributed by atoms with E-state index in [4.69, 9.17) is 40.1 Å². The fraction of sp³-hybridized carbons (Fsp3) is 0. The van der Waals surface area contributed by atoms with Gasteiger partial charge in [0.15, 0.2) is 0 Å². The Morgan fingerprint density at radius 3 is 2.36 bits per heavy atom. The van der Waals surface area contributed by atoms with E-state index in [1.807, 2.05) is 0 Å². The average molecular weight is 251 g/mol. The molecule has 0 aliphatic heterocycles. The summed E-state index contributed by atoms with van der Waals surface area (Å²) in [5, 5.41) is 18.8. The van der Waals surface area contributed by atoms with Gasteiger partial charge < -0.3 is 0 Å². The lowest BCUT2D eigenvalue weighted by molar-refractivity contribution is -0.385. The van der Waals surface area contributed by atoms with E-state index in [0.717, 1.165) is 6.07 Å². The number of nitriles is 1. The highest BCUT2D eigenvalue weighted by atomic mass is 35.5. The second-order valence-corrected chi connectivity index (χ2v) is 3.41. The smallest absolute Gasteiger partial charge is 0.258 e. The lowest BCUT2D eigenvalue weighted by atomic mass is 10.2. The average Bonchev–Trinajstić information content (AvgIpc) is 2.13. The predicted octanol–water partition coefficient (Wildman–Crippen LogP) is 3.43. The van der Waals surface area contributed by atoms with Gasteiger partial charge in [0.1, 0.15) is 11.6 Å². The lowest BCUT2D eigenvalue weighted by Crippen LogP contribution is -1.93. The van der Waals surface area contributed by atoms with Crippen LogP contribution in [0.25, 0.3) is 0 Å². The van der Waals surface area contributed by atoms with Crippen LogP contribution in [0.5, 0.6) is 0 Å². The fourth-order valence-corrected chi connectivity index (χ4v) is 1.47. The number of hydrogen-bond donors (Lipinski definition) is 0. The molecule has 72 valence electrons. The van der Waals surface area contributed by atoms with Crippen LogP contribution < -0.4 is 0 Å². The van der Waals surface area contributed by atoms with Crippen LogP contribution in [-0.2, 0) is 0 Å². The van der Waals surface area contributed by atoms with Gasteiger partial charge in [-0.2, -0.15) is 5.26 Å². The Bertz CT molecular complexity index is 453. The first kappa shape index (κ1) is 11.1. The van der Waals surface area contributed by atoms with Gasteiger partial charge in [-0.15, -0.1) is 0 Å². The Morgan fingerprint density at radius 1 is 1.36 bits per heavy atom. The largest absolute Gasteiger partial charge is 0.290 e. The molecule has 0 aliphatic rings. The first-order valence-corrected chi connectivity index (χ1v) is 4.34. The maximum absolute atomic E-state index is 10.5. The molecule has 0 amide bonds. The van der Waals surface area contributed by atoms with Crippen molar-refractivity contribution in [3.63, 3.8) is 0 Å². The van der Waals surface area contributed by atoms with Gasteiger partial charge in [0, 0.05) is 6.07 Å². The Morgan fingerprint density at radius 2 is 1.93 bits per heavy atom. The molecule has 0 aromatic heterocycles. The molecule has 0 aliphatic carbocycles. The highest BCUT2D eigenvalue weighted by Gasteiger charge is 2.21. The molecule has 1 aromatic rings. The van der Waals surface area contributed by atoms with Crippen LogP contribution in [-0.4, -0.2) is 4.92 Å².